The monoisotopic (exact) mass is 348 g/mol. The number of aryl methyl sites for hydroxylation is 1. The van der Waals surface area contributed by atoms with Gasteiger partial charge in [-0.05, 0) is 50.3 Å². The summed E-state index contributed by atoms with van der Waals surface area (Å²) in [6, 6.07) is 8.90. The van der Waals surface area contributed by atoms with Crippen LogP contribution in [0.25, 0.3) is 5.69 Å². The number of carbonyl (C=O) groups is 1. The summed E-state index contributed by atoms with van der Waals surface area (Å²) in [7, 11) is 0. The summed E-state index contributed by atoms with van der Waals surface area (Å²) in [6.07, 6.45) is 2.29. The number of rotatable bonds is 4. The van der Waals surface area contributed by atoms with Crippen molar-refractivity contribution in [3.05, 3.63) is 41.0 Å². The quantitative estimate of drug-likeness (QED) is 0.794. The van der Waals surface area contributed by atoms with Gasteiger partial charge in [-0.2, -0.15) is 0 Å². The number of aliphatic hydroxyl groups is 1. The van der Waals surface area contributed by atoms with Crippen LogP contribution < -0.4 is 10.6 Å². The topological polar surface area (TPSA) is 79.2 Å². The Kier molecular flexibility index (Phi) is 5.06. The molecule has 0 bridgehead atoms. The zero-order valence-electron chi connectivity index (χ0n) is 13.5. The van der Waals surface area contributed by atoms with Crippen LogP contribution in [0, 0.1) is 12.8 Å². The zero-order chi connectivity index (χ0) is 17.1. The zero-order valence-corrected chi connectivity index (χ0v) is 14.3. The average Bonchev–Trinajstić information content (AvgIpc) is 3.11. The fourth-order valence-electron chi connectivity index (χ4n) is 3.04. The second-order valence-electron chi connectivity index (χ2n) is 6.23. The van der Waals surface area contributed by atoms with Crippen molar-refractivity contribution in [1.82, 2.24) is 15.1 Å². The van der Waals surface area contributed by atoms with Crippen molar-refractivity contribution in [3.63, 3.8) is 0 Å². The van der Waals surface area contributed by atoms with E-state index in [1.165, 1.54) is 0 Å². The molecule has 0 aliphatic heterocycles. The van der Waals surface area contributed by atoms with Gasteiger partial charge in [0.15, 0.2) is 5.82 Å². The molecular formula is C17H21ClN4O2. The minimum Gasteiger partial charge on any atom is -0.393 e. The number of amides is 2. The van der Waals surface area contributed by atoms with E-state index in [1.54, 1.807) is 16.8 Å². The largest absolute Gasteiger partial charge is 0.393 e. The van der Waals surface area contributed by atoms with E-state index in [1.807, 2.05) is 25.1 Å². The molecule has 1 heterocycles. The van der Waals surface area contributed by atoms with Crippen LogP contribution in [0.1, 0.15) is 25.0 Å². The van der Waals surface area contributed by atoms with E-state index in [4.69, 9.17) is 11.6 Å². The third-order valence-corrected chi connectivity index (χ3v) is 4.48. The Morgan fingerprint density at radius 2 is 2.25 bits per heavy atom. The Bertz CT molecular complexity index is 731. The molecule has 1 aliphatic rings. The molecule has 2 unspecified atom stereocenters. The molecule has 1 aromatic heterocycles. The van der Waals surface area contributed by atoms with Crippen molar-refractivity contribution in [2.75, 3.05) is 11.9 Å². The number of nitrogens with one attached hydrogen (secondary N) is 2. The Morgan fingerprint density at radius 3 is 2.96 bits per heavy atom. The summed E-state index contributed by atoms with van der Waals surface area (Å²) in [5, 5.41) is 20.1. The van der Waals surface area contributed by atoms with Crippen molar-refractivity contribution < 1.29 is 9.90 Å². The second-order valence-corrected chi connectivity index (χ2v) is 6.67. The minimum absolute atomic E-state index is 0.226. The third-order valence-electron chi connectivity index (χ3n) is 4.25. The number of carbonyl (C=O) groups excluding carboxylic acids is 1. The molecule has 0 spiro atoms. The maximum atomic E-state index is 12.0. The number of hydrogen-bond acceptors (Lipinski definition) is 3. The van der Waals surface area contributed by atoms with Crippen LogP contribution in [0.2, 0.25) is 5.02 Å². The van der Waals surface area contributed by atoms with Crippen LogP contribution in [0.3, 0.4) is 0 Å². The molecule has 1 saturated carbocycles. The van der Waals surface area contributed by atoms with E-state index in [9.17, 15) is 9.90 Å². The molecule has 6 nitrogen and oxygen atoms in total. The van der Waals surface area contributed by atoms with Gasteiger partial charge in [-0.25, -0.2) is 9.48 Å². The normalized spacial score (nSPS) is 20.1. The number of hydrogen-bond donors (Lipinski definition) is 3. The van der Waals surface area contributed by atoms with Crippen LogP contribution in [0.15, 0.2) is 30.3 Å². The highest BCUT2D eigenvalue weighted by Crippen LogP contribution is 2.24. The highest BCUT2D eigenvalue weighted by Gasteiger charge is 2.23. The summed E-state index contributed by atoms with van der Waals surface area (Å²) in [5.41, 5.74) is 1.74. The van der Waals surface area contributed by atoms with Gasteiger partial charge in [0.05, 0.1) is 11.8 Å². The fourth-order valence-corrected chi connectivity index (χ4v) is 3.22. The first-order valence-corrected chi connectivity index (χ1v) is 8.44. The highest BCUT2D eigenvalue weighted by atomic mass is 35.5. The van der Waals surface area contributed by atoms with E-state index >= 15 is 0 Å². The number of aliphatic hydroxyl groups excluding tert-OH is 1. The Morgan fingerprint density at radius 1 is 1.42 bits per heavy atom. The van der Waals surface area contributed by atoms with Gasteiger partial charge in [0.25, 0.3) is 0 Å². The standard InChI is InChI=1S/C17H21ClN4O2/c1-11-7-16(21-22(11)14-4-2-3-13(18)9-14)20-17(24)19-10-12-5-6-15(23)8-12/h2-4,7,9,12,15,23H,5-6,8,10H2,1H3,(H2,19,20,21,24). The molecule has 3 rings (SSSR count). The van der Waals surface area contributed by atoms with Gasteiger partial charge in [-0.1, -0.05) is 17.7 Å². The maximum Gasteiger partial charge on any atom is 0.320 e. The smallest absolute Gasteiger partial charge is 0.320 e. The summed E-state index contributed by atoms with van der Waals surface area (Å²) >= 11 is 6.01. The summed E-state index contributed by atoms with van der Waals surface area (Å²) in [4.78, 5) is 12.0. The van der Waals surface area contributed by atoms with Gasteiger partial charge >= 0.3 is 6.03 Å². The summed E-state index contributed by atoms with van der Waals surface area (Å²) in [6.45, 7) is 2.48. The molecule has 2 atom stereocenters. The van der Waals surface area contributed by atoms with Gasteiger partial charge in [0.1, 0.15) is 0 Å². The third kappa shape index (κ3) is 4.07. The first-order chi connectivity index (χ1) is 11.5. The van der Waals surface area contributed by atoms with Gasteiger partial charge in [0.2, 0.25) is 0 Å². The van der Waals surface area contributed by atoms with Crippen LogP contribution in [0.5, 0.6) is 0 Å². The molecule has 7 heteroatoms. The Hall–Kier alpha value is -2.05. The van der Waals surface area contributed by atoms with Crippen molar-refractivity contribution in [3.8, 4) is 5.69 Å². The van der Waals surface area contributed by atoms with Crippen molar-refractivity contribution >= 4 is 23.4 Å². The lowest BCUT2D eigenvalue weighted by Crippen LogP contribution is -2.32. The SMILES string of the molecule is Cc1cc(NC(=O)NCC2CCC(O)C2)nn1-c1cccc(Cl)c1. The molecule has 1 fully saturated rings. The Labute approximate surface area is 145 Å². The molecular weight excluding hydrogens is 328 g/mol. The Balaban J connectivity index is 1.59. The van der Waals surface area contributed by atoms with Gasteiger partial charge in [-0.3, -0.25) is 5.32 Å². The number of benzene rings is 1. The number of anilines is 1. The maximum absolute atomic E-state index is 12.0. The van der Waals surface area contributed by atoms with Crippen LogP contribution in [0.4, 0.5) is 10.6 Å². The van der Waals surface area contributed by atoms with Crippen LogP contribution in [-0.2, 0) is 0 Å². The highest BCUT2D eigenvalue weighted by molar-refractivity contribution is 6.30. The van der Waals surface area contributed by atoms with Crippen LogP contribution >= 0.6 is 11.6 Å². The molecule has 1 aliphatic carbocycles. The predicted octanol–water partition coefficient (Wildman–Crippen LogP) is 3.12. The van der Waals surface area contributed by atoms with E-state index in [0.717, 1.165) is 30.6 Å². The average molecular weight is 349 g/mol. The lowest BCUT2D eigenvalue weighted by molar-refractivity contribution is 0.177. The van der Waals surface area contributed by atoms with Crippen LogP contribution in [-0.4, -0.2) is 33.6 Å². The molecule has 2 aromatic rings. The van der Waals surface area contributed by atoms with E-state index in [0.29, 0.717) is 23.3 Å². The minimum atomic E-state index is -0.285. The molecule has 0 radical (unpaired) electrons. The number of halogens is 1. The lowest BCUT2D eigenvalue weighted by atomic mass is 10.1. The van der Waals surface area contributed by atoms with Gasteiger partial charge in [0, 0.05) is 23.3 Å². The summed E-state index contributed by atoms with van der Waals surface area (Å²) < 4.78 is 1.73. The van der Waals surface area contributed by atoms with E-state index < -0.39 is 0 Å². The number of nitrogens with zero attached hydrogens (tertiary/aromatic N) is 2. The predicted molar refractivity (Wildman–Crippen MR) is 93.7 cm³/mol. The molecule has 24 heavy (non-hydrogen) atoms. The van der Waals surface area contributed by atoms with Gasteiger partial charge < -0.3 is 10.4 Å². The molecule has 1 aromatic carbocycles. The molecule has 0 saturated heterocycles. The van der Waals surface area contributed by atoms with E-state index in [-0.39, 0.29) is 12.1 Å². The molecule has 128 valence electrons. The second kappa shape index (κ2) is 7.23. The molecule has 2 amide bonds. The fraction of sp³-hybridized carbons (Fsp3) is 0.412. The first-order valence-electron chi connectivity index (χ1n) is 8.07. The van der Waals surface area contributed by atoms with Gasteiger partial charge in [-0.15, -0.1) is 5.10 Å². The van der Waals surface area contributed by atoms with Crippen molar-refractivity contribution in [2.24, 2.45) is 5.92 Å². The summed E-state index contributed by atoms with van der Waals surface area (Å²) in [5.74, 6) is 0.827. The lowest BCUT2D eigenvalue weighted by Gasteiger charge is -2.10. The van der Waals surface area contributed by atoms with Crippen molar-refractivity contribution in [2.45, 2.75) is 32.3 Å². The number of urea groups is 1. The molecule has 3 N–H and O–H groups in total. The van der Waals surface area contributed by atoms with E-state index in [2.05, 4.69) is 15.7 Å². The first kappa shape index (κ1) is 16.8. The van der Waals surface area contributed by atoms with Crippen molar-refractivity contribution in [1.29, 1.82) is 0 Å². The number of aromatic nitrogens is 2.